The number of hydrogen-bond acceptors (Lipinski definition) is 5. The first-order chi connectivity index (χ1) is 17.8. The molecule has 3 aromatic carbocycles. The Bertz CT molecular complexity index is 1370. The van der Waals surface area contributed by atoms with E-state index >= 15 is 0 Å². The highest BCUT2D eigenvalue weighted by molar-refractivity contribution is 5.88. The number of amides is 1. The molecule has 0 spiro atoms. The number of rotatable bonds is 7. The molecule has 3 N–H and O–H groups in total. The molecule has 0 aliphatic carbocycles. The van der Waals surface area contributed by atoms with E-state index in [9.17, 15) is 4.79 Å². The molecule has 1 fully saturated rings. The average Bonchev–Trinajstić information content (AvgIpc) is 3.32. The van der Waals surface area contributed by atoms with Crippen LogP contribution in [0.15, 0.2) is 72.8 Å². The summed E-state index contributed by atoms with van der Waals surface area (Å²) in [6.07, 6.45) is 1.19. The van der Waals surface area contributed by atoms with E-state index in [0.29, 0.717) is 5.82 Å². The molecular weight excluding hydrogens is 462 g/mol. The van der Waals surface area contributed by atoms with Crippen molar-refractivity contribution in [2.75, 3.05) is 19.7 Å². The molecule has 4 aromatic rings. The number of carbonyl (C=O) groups is 1. The lowest BCUT2D eigenvalue weighted by Gasteiger charge is -2.26. The molecule has 0 bridgehead atoms. The minimum absolute atomic E-state index is 0.0205. The van der Waals surface area contributed by atoms with E-state index in [4.69, 9.17) is 10.5 Å². The first-order valence-corrected chi connectivity index (χ1v) is 12.7. The Labute approximate surface area is 217 Å². The maximum absolute atomic E-state index is 11.4. The van der Waals surface area contributed by atoms with Crippen LogP contribution in [0.4, 0.5) is 0 Å². The van der Waals surface area contributed by atoms with Crippen LogP contribution in [0.1, 0.15) is 47.0 Å². The highest BCUT2D eigenvalue weighted by atomic mass is 16.5. The Morgan fingerprint density at radius 1 is 1.00 bits per heavy atom. The molecule has 0 saturated carbocycles. The molecule has 7 nitrogen and oxygen atoms in total. The number of primary amides is 1. The molecule has 1 aliphatic rings. The van der Waals surface area contributed by atoms with Crippen molar-refractivity contribution in [3.05, 3.63) is 101 Å². The number of benzene rings is 3. The summed E-state index contributed by atoms with van der Waals surface area (Å²) in [5.74, 6) is 0.00141. The van der Waals surface area contributed by atoms with Crippen LogP contribution in [-0.4, -0.2) is 46.5 Å². The number of carbonyl (C=O) groups excluding carboxylic acids is 1. The van der Waals surface area contributed by atoms with Gasteiger partial charge in [-0.05, 0) is 53.3 Å². The topological polar surface area (TPSA) is 95.1 Å². The van der Waals surface area contributed by atoms with E-state index < -0.39 is 5.91 Å². The van der Waals surface area contributed by atoms with E-state index in [0.717, 1.165) is 31.8 Å². The fourth-order valence-corrected chi connectivity index (χ4v) is 4.85. The van der Waals surface area contributed by atoms with Crippen molar-refractivity contribution in [3.8, 4) is 16.8 Å². The van der Waals surface area contributed by atoms with E-state index in [1.165, 1.54) is 27.8 Å². The van der Waals surface area contributed by atoms with Gasteiger partial charge in [0.15, 0.2) is 0 Å². The lowest BCUT2D eigenvalue weighted by atomic mass is 9.78. The Morgan fingerprint density at radius 3 is 2.14 bits per heavy atom. The van der Waals surface area contributed by atoms with E-state index in [-0.39, 0.29) is 17.3 Å². The normalized spacial score (nSPS) is 16.0. The number of hydrogen-bond donors (Lipinski definition) is 2. The largest absolute Gasteiger partial charge is 0.375 e. The van der Waals surface area contributed by atoms with Crippen LogP contribution < -0.4 is 11.1 Å². The second-order valence-corrected chi connectivity index (χ2v) is 10.1. The highest BCUT2D eigenvalue weighted by Crippen LogP contribution is 2.33. The Hall–Kier alpha value is -3.81. The van der Waals surface area contributed by atoms with Gasteiger partial charge in [0, 0.05) is 18.5 Å². The Morgan fingerprint density at radius 2 is 1.59 bits per heavy atom. The zero-order valence-corrected chi connectivity index (χ0v) is 21.6. The predicted octanol–water partition coefficient (Wildman–Crippen LogP) is 4.20. The fraction of sp³-hybridized carbons (Fsp3) is 0.300. The number of ether oxygens (including phenoxy) is 1. The number of aromatic nitrogens is 3. The summed E-state index contributed by atoms with van der Waals surface area (Å²) >= 11 is 0. The van der Waals surface area contributed by atoms with Crippen molar-refractivity contribution in [1.82, 2.24) is 20.1 Å². The third-order valence-electron chi connectivity index (χ3n) is 7.18. The summed E-state index contributed by atoms with van der Waals surface area (Å²) in [7, 11) is 0. The molecule has 1 amide bonds. The summed E-state index contributed by atoms with van der Waals surface area (Å²) in [6.45, 7) is 8.89. The molecule has 1 atom stereocenters. The molecule has 7 heteroatoms. The quantitative estimate of drug-likeness (QED) is 0.401. The van der Waals surface area contributed by atoms with Crippen LogP contribution in [0, 0.1) is 6.92 Å². The summed E-state index contributed by atoms with van der Waals surface area (Å²) in [5.41, 5.74) is 12.1. The van der Waals surface area contributed by atoms with Gasteiger partial charge >= 0.3 is 0 Å². The van der Waals surface area contributed by atoms with Gasteiger partial charge in [-0.25, -0.2) is 9.67 Å². The van der Waals surface area contributed by atoms with Crippen LogP contribution in [0.3, 0.4) is 0 Å². The molecule has 0 radical (unpaired) electrons. The minimum Gasteiger partial charge on any atom is -0.375 e. The Balaban J connectivity index is 1.30. The SMILES string of the molecule is Cc1nc(C(N)=O)nn1-c1ccc(C(C)(C)c2ccc(-c3ccc(CC4CNCCO4)cc3)cc2)cc1. The van der Waals surface area contributed by atoms with Gasteiger partial charge in [0.25, 0.3) is 5.91 Å². The van der Waals surface area contributed by atoms with Gasteiger partial charge in [-0.15, -0.1) is 5.10 Å². The molecule has 190 valence electrons. The van der Waals surface area contributed by atoms with Crippen molar-refractivity contribution in [3.63, 3.8) is 0 Å². The molecular formula is C30H33N5O2. The maximum atomic E-state index is 11.4. The maximum Gasteiger partial charge on any atom is 0.288 e. The number of nitrogens with zero attached hydrogens (tertiary/aromatic N) is 3. The van der Waals surface area contributed by atoms with Gasteiger partial charge < -0.3 is 15.8 Å². The average molecular weight is 496 g/mol. The number of morpholine rings is 1. The summed E-state index contributed by atoms with van der Waals surface area (Å²) in [6, 6.07) is 25.8. The van der Waals surface area contributed by atoms with E-state index in [1.54, 1.807) is 11.6 Å². The monoisotopic (exact) mass is 495 g/mol. The fourth-order valence-electron chi connectivity index (χ4n) is 4.85. The summed E-state index contributed by atoms with van der Waals surface area (Å²) < 4.78 is 7.47. The van der Waals surface area contributed by atoms with E-state index in [2.05, 4.69) is 89.9 Å². The first-order valence-electron chi connectivity index (χ1n) is 12.7. The van der Waals surface area contributed by atoms with Crippen LogP contribution >= 0.6 is 0 Å². The summed E-state index contributed by atoms with van der Waals surface area (Å²) in [4.78, 5) is 15.6. The minimum atomic E-state index is -0.634. The van der Waals surface area contributed by atoms with Gasteiger partial charge in [-0.3, -0.25) is 4.79 Å². The van der Waals surface area contributed by atoms with Gasteiger partial charge in [0.2, 0.25) is 5.82 Å². The van der Waals surface area contributed by atoms with Crippen LogP contribution in [-0.2, 0) is 16.6 Å². The number of nitrogens with two attached hydrogens (primary N) is 1. The molecule has 5 rings (SSSR count). The van der Waals surface area contributed by atoms with E-state index in [1.807, 2.05) is 12.1 Å². The summed E-state index contributed by atoms with van der Waals surface area (Å²) in [5, 5.41) is 7.62. The molecule has 1 unspecified atom stereocenters. The molecule has 2 heterocycles. The first kappa shape index (κ1) is 24.9. The number of aryl methyl sites for hydroxylation is 1. The van der Waals surface area contributed by atoms with Crippen molar-refractivity contribution >= 4 is 5.91 Å². The second kappa shape index (κ2) is 10.3. The second-order valence-electron chi connectivity index (χ2n) is 10.1. The van der Waals surface area contributed by atoms with Gasteiger partial charge in [-0.2, -0.15) is 0 Å². The molecule has 37 heavy (non-hydrogen) atoms. The highest BCUT2D eigenvalue weighted by Gasteiger charge is 2.23. The van der Waals surface area contributed by atoms with Gasteiger partial charge in [0.1, 0.15) is 5.82 Å². The van der Waals surface area contributed by atoms with Gasteiger partial charge in [-0.1, -0.05) is 74.5 Å². The van der Waals surface area contributed by atoms with Crippen molar-refractivity contribution < 1.29 is 9.53 Å². The smallest absolute Gasteiger partial charge is 0.288 e. The lowest BCUT2D eigenvalue weighted by molar-refractivity contribution is 0.0292. The zero-order chi connectivity index (χ0) is 26.0. The predicted molar refractivity (Wildman–Crippen MR) is 145 cm³/mol. The van der Waals surface area contributed by atoms with Crippen LogP contribution in [0.2, 0.25) is 0 Å². The van der Waals surface area contributed by atoms with Crippen LogP contribution in [0.5, 0.6) is 0 Å². The third-order valence-corrected chi connectivity index (χ3v) is 7.18. The van der Waals surface area contributed by atoms with Gasteiger partial charge in [0.05, 0.1) is 18.4 Å². The molecule has 1 saturated heterocycles. The standard InChI is InChI=1S/C30H33N5O2/c1-20-33-29(28(31)36)34-35(20)26-14-12-25(13-15-26)30(2,3)24-10-8-23(9-11-24)22-6-4-21(5-7-22)18-27-19-32-16-17-37-27/h4-15,27,32H,16-19H2,1-3H3,(H2,31,36). The number of nitrogens with one attached hydrogen (secondary N) is 1. The Kier molecular flexibility index (Phi) is 6.91. The van der Waals surface area contributed by atoms with Crippen molar-refractivity contribution in [2.24, 2.45) is 5.73 Å². The lowest BCUT2D eigenvalue weighted by Crippen LogP contribution is -2.39. The van der Waals surface area contributed by atoms with Crippen molar-refractivity contribution in [2.45, 2.75) is 38.7 Å². The molecule has 1 aromatic heterocycles. The molecule has 1 aliphatic heterocycles. The third kappa shape index (κ3) is 5.33. The van der Waals surface area contributed by atoms with Crippen LogP contribution in [0.25, 0.3) is 16.8 Å². The zero-order valence-electron chi connectivity index (χ0n) is 21.6. The van der Waals surface area contributed by atoms with Crippen molar-refractivity contribution in [1.29, 1.82) is 0 Å².